The molecule has 1 saturated heterocycles. The Morgan fingerprint density at radius 3 is 2.37 bits per heavy atom. The van der Waals surface area contributed by atoms with Crippen LogP contribution in [0.3, 0.4) is 0 Å². The van der Waals surface area contributed by atoms with Gasteiger partial charge in [0.05, 0.1) is 17.7 Å². The predicted octanol–water partition coefficient (Wildman–Crippen LogP) is 1.50. The monoisotopic (exact) mass is 260 g/mol. The molecule has 2 amide bonds. The smallest absolute Gasteiger partial charge is 0.261 e. The largest absolute Gasteiger partial charge is 0.313 e. The number of carbonyl (C=O) groups excluding carboxylic acids is 2. The van der Waals surface area contributed by atoms with Crippen molar-refractivity contribution < 1.29 is 14.0 Å². The molecule has 2 aliphatic heterocycles. The highest BCUT2D eigenvalue weighted by Gasteiger charge is 2.35. The van der Waals surface area contributed by atoms with Gasteiger partial charge in [0.25, 0.3) is 11.8 Å². The third-order valence-electron chi connectivity index (χ3n) is 3.50. The quantitative estimate of drug-likeness (QED) is 0.820. The highest BCUT2D eigenvalue weighted by Crippen LogP contribution is 2.24. The van der Waals surface area contributed by atoms with Crippen molar-refractivity contribution in [2.75, 3.05) is 19.6 Å². The van der Waals surface area contributed by atoms with Crippen molar-refractivity contribution in [1.29, 1.82) is 0 Å². The summed E-state index contributed by atoms with van der Waals surface area (Å²) in [6.45, 7) is 0.975. The van der Waals surface area contributed by atoms with Gasteiger partial charge in [-0.2, -0.15) is 0 Å². The van der Waals surface area contributed by atoms with Gasteiger partial charge in [-0.1, -0.05) is 12.1 Å². The Labute approximate surface area is 109 Å². The van der Waals surface area contributed by atoms with Crippen LogP contribution in [-0.2, 0) is 0 Å². The van der Waals surface area contributed by atoms with Gasteiger partial charge < -0.3 is 5.32 Å². The maximum absolute atomic E-state index is 14.0. The van der Waals surface area contributed by atoms with Gasteiger partial charge in [0, 0.05) is 6.54 Å². The van der Waals surface area contributed by atoms with E-state index in [-0.39, 0.29) is 12.4 Å². The Hall–Kier alpha value is -2.01. The summed E-state index contributed by atoms with van der Waals surface area (Å²) in [6, 6.07) is 6.59. The van der Waals surface area contributed by atoms with Gasteiger partial charge in [0.2, 0.25) is 0 Å². The molecule has 4 nitrogen and oxygen atoms in total. The molecule has 0 spiro atoms. The fourth-order valence-electron chi connectivity index (χ4n) is 2.43. The maximum atomic E-state index is 14.0. The van der Waals surface area contributed by atoms with Crippen LogP contribution < -0.4 is 5.32 Å². The second kappa shape index (κ2) is 4.59. The molecular formula is C14H13FN2O2. The molecule has 0 atom stereocenters. The van der Waals surface area contributed by atoms with E-state index in [2.05, 4.69) is 5.32 Å². The Morgan fingerprint density at radius 2 is 1.84 bits per heavy atom. The zero-order valence-corrected chi connectivity index (χ0v) is 10.3. The molecule has 1 aromatic carbocycles. The minimum atomic E-state index is -0.415. The molecule has 2 aliphatic rings. The van der Waals surface area contributed by atoms with Crippen LogP contribution in [0.2, 0.25) is 0 Å². The summed E-state index contributed by atoms with van der Waals surface area (Å²) in [7, 11) is 0. The Kier molecular flexibility index (Phi) is 2.91. The van der Waals surface area contributed by atoms with Crippen LogP contribution in [0.5, 0.6) is 0 Å². The number of amides is 2. The molecule has 1 N–H and O–H groups in total. The first-order valence-corrected chi connectivity index (χ1v) is 6.21. The SMILES string of the molecule is O=C1c2ccccc2C(=O)N1CC(F)=C1CCNC1. The fourth-order valence-corrected chi connectivity index (χ4v) is 2.43. The first-order chi connectivity index (χ1) is 9.18. The number of benzene rings is 1. The predicted molar refractivity (Wildman–Crippen MR) is 67.4 cm³/mol. The molecule has 2 heterocycles. The van der Waals surface area contributed by atoms with Gasteiger partial charge in [0.1, 0.15) is 5.83 Å². The summed E-state index contributed by atoms with van der Waals surface area (Å²) in [4.78, 5) is 25.1. The summed E-state index contributed by atoms with van der Waals surface area (Å²) in [5.74, 6) is -1.20. The van der Waals surface area contributed by atoms with E-state index in [4.69, 9.17) is 0 Å². The van der Waals surface area contributed by atoms with Crippen LogP contribution in [0.25, 0.3) is 0 Å². The van der Waals surface area contributed by atoms with E-state index in [0.717, 1.165) is 11.4 Å². The second-order valence-corrected chi connectivity index (χ2v) is 4.68. The maximum Gasteiger partial charge on any atom is 0.261 e. The van der Waals surface area contributed by atoms with Crippen molar-refractivity contribution >= 4 is 11.8 Å². The summed E-state index contributed by atoms with van der Waals surface area (Å²) < 4.78 is 14.0. The number of rotatable bonds is 2. The number of nitrogens with one attached hydrogen (secondary N) is 1. The number of hydrogen-bond acceptors (Lipinski definition) is 3. The van der Waals surface area contributed by atoms with Crippen LogP contribution in [0.4, 0.5) is 4.39 Å². The summed E-state index contributed by atoms with van der Waals surface area (Å²) >= 11 is 0. The Balaban J connectivity index is 1.86. The molecule has 0 aromatic heterocycles. The van der Waals surface area contributed by atoms with Crippen LogP contribution in [0.15, 0.2) is 35.7 Å². The lowest BCUT2D eigenvalue weighted by molar-refractivity contribution is 0.0659. The van der Waals surface area contributed by atoms with E-state index in [1.807, 2.05) is 0 Å². The third kappa shape index (κ3) is 1.96. The fraction of sp³-hybridized carbons (Fsp3) is 0.286. The zero-order chi connectivity index (χ0) is 13.4. The lowest BCUT2D eigenvalue weighted by atomic mass is 10.1. The molecule has 1 aromatic rings. The second-order valence-electron chi connectivity index (χ2n) is 4.68. The van der Waals surface area contributed by atoms with Crippen LogP contribution in [0, 0.1) is 0 Å². The van der Waals surface area contributed by atoms with Crippen molar-refractivity contribution in [2.45, 2.75) is 6.42 Å². The van der Waals surface area contributed by atoms with Crippen molar-refractivity contribution in [3.8, 4) is 0 Å². The van der Waals surface area contributed by atoms with Crippen LogP contribution in [0.1, 0.15) is 27.1 Å². The number of fused-ring (bicyclic) bond motifs is 1. The molecule has 0 radical (unpaired) electrons. The summed E-state index contributed by atoms with van der Waals surface area (Å²) in [5, 5.41) is 3.03. The molecule has 0 saturated carbocycles. The lowest BCUT2D eigenvalue weighted by Crippen LogP contribution is -2.31. The molecular weight excluding hydrogens is 247 g/mol. The minimum Gasteiger partial charge on any atom is -0.313 e. The average Bonchev–Trinajstić information content (AvgIpc) is 3.03. The lowest BCUT2D eigenvalue weighted by Gasteiger charge is -2.13. The van der Waals surface area contributed by atoms with E-state index in [0.29, 0.717) is 29.7 Å². The molecule has 1 fully saturated rings. The molecule has 0 aliphatic carbocycles. The normalized spacial score (nSPS) is 21.0. The molecule has 19 heavy (non-hydrogen) atoms. The average molecular weight is 260 g/mol. The van der Waals surface area contributed by atoms with Crippen LogP contribution >= 0.6 is 0 Å². The number of nitrogens with zero attached hydrogens (tertiary/aromatic N) is 1. The Morgan fingerprint density at radius 1 is 1.21 bits per heavy atom. The van der Waals surface area contributed by atoms with Crippen molar-refractivity contribution in [2.24, 2.45) is 0 Å². The first-order valence-electron chi connectivity index (χ1n) is 6.21. The molecule has 5 heteroatoms. The van der Waals surface area contributed by atoms with E-state index in [1.165, 1.54) is 0 Å². The van der Waals surface area contributed by atoms with Gasteiger partial charge in [-0.05, 0) is 30.7 Å². The summed E-state index contributed by atoms with van der Waals surface area (Å²) in [5.41, 5.74) is 1.36. The zero-order valence-electron chi connectivity index (χ0n) is 10.3. The van der Waals surface area contributed by atoms with Gasteiger partial charge in [-0.15, -0.1) is 0 Å². The minimum absolute atomic E-state index is 0.261. The van der Waals surface area contributed by atoms with Crippen LogP contribution in [-0.4, -0.2) is 36.3 Å². The highest BCUT2D eigenvalue weighted by molar-refractivity contribution is 6.21. The highest BCUT2D eigenvalue weighted by atomic mass is 19.1. The van der Waals surface area contributed by atoms with Crippen molar-refractivity contribution in [1.82, 2.24) is 10.2 Å². The van der Waals surface area contributed by atoms with E-state index in [9.17, 15) is 14.0 Å². The topological polar surface area (TPSA) is 49.4 Å². The third-order valence-corrected chi connectivity index (χ3v) is 3.50. The Bertz CT molecular complexity index is 552. The molecule has 0 unspecified atom stereocenters. The summed E-state index contributed by atoms with van der Waals surface area (Å²) in [6.07, 6.45) is 0.634. The first kappa shape index (κ1) is 12.0. The molecule has 98 valence electrons. The van der Waals surface area contributed by atoms with Gasteiger partial charge in [-0.3, -0.25) is 14.5 Å². The van der Waals surface area contributed by atoms with E-state index in [1.54, 1.807) is 24.3 Å². The molecule has 3 rings (SSSR count). The van der Waals surface area contributed by atoms with E-state index < -0.39 is 11.8 Å². The number of hydrogen-bond donors (Lipinski definition) is 1. The van der Waals surface area contributed by atoms with Gasteiger partial charge in [0.15, 0.2) is 0 Å². The van der Waals surface area contributed by atoms with Gasteiger partial charge in [-0.25, -0.2) is 4.39 Å². The van der Waals surface area contributed by atoms with Gasteiger partial charge >= 0.3 is 0 Å². The molecule has 0 bridgehead atoms. The van der Waals surface area contributed by atoms with Crippen molar-refractivity contribution in [3.63, 3.8) is 0 Å². The van der Waals surface area contributed by atoms with E-state index >= 15 is 0 Å². The number of carbonyl (C=O) groups is 2. The number of imide groups is 1. The standard InChI is InChI=1S/C14H13FN2O2/c15-12(9-5-6-16-7-9)8-17-13(18)10-3-1-2-4-11(10)14(17)19/h1-4,16H,5-8H2. The van der Waals surface area contributed by atoms with Crippen molar-refractivity contribution in [3.05, 3.63) is 46.8 Å². The number of halogens is 1.